The maximum atomic E-state index is 11.8. The topological polar surface area (TPSA) is 42.0 Å². The van der Waals surface area contributed by atoms with Crippen molar-refractivity contribution in [2.75, 3.05) is 5.32 Å². The largest absolute Gasteiger partial charge is 0.324 e. The smallest absolute Gasteiger partial charge is 0.224 e. The van der Waals surface area contributed by atoms with E-state index in [9.17, 15) is 4.79 Å². The summed E-state index contributed by atoms with van der Waals surface area (Å²) in [6.07, 6.45) is 6.94. The number of halogens is 1. The van der Waals surface area contributed by atoms with E-state index >= 15 is 0 Å². The van der Waals surface area contributed by atoms with Crippen LogP contribution in [0.2, 0.25) is 0 Å². The lowest BCUT2D eigenvalue weighted by Crippen LogP contribution is -2.11. The Balaban J connectivity index is 2.21. The molecule has 1 aromatic heterocycles. The van der Waals surface area contributed by atoms with Crippen molar-refractivity contribution in [2.45, 2.75) is 19.8 Å². The predicted molar refractivity (Wildman–Crippen MR) is 87.1 cm³/mol. The van der Waals surface area contributed by atoms with Gasteiger partial charge in [-0.2, -0.15) is 0 Å². The fourth-order valence-electron chi connectivity index (χ4n) is 1.83. The summed E-state index contributed by atoms with van der Waals surface area (Å²) in [5, 5.41) is 4.00. The van der Waals surface area contributed by atoms with Crippen LogP contribution in [0.25, 0.3) is 10.9 Å². The quantitative estimate of drug-likeness (QED) is 0.653. The molecule has 2 rings (SSSR count). The van der Waals surface area contributed by atoms with E-state index in [1.807, 2.05) is 43.3 Å². The highest BCUT2D eigenvalue weighted by atomic mass is 127. The number of anilines is 1. The van der Waals surface area contributed by atoms with E-state index in [2.05, 4.69) is 32.9 Å². The third-order valence-electron chi connectivity index (χ3n) is 2.76. The molecule has 98 valence electrons. The highest BCUT2D eigenvalue weighted by Gasteiger charge is 2.08. The van der Waals surface area contributed by atoms with Crippen molar-refractivity contribution in [3.63, 3.8) is 0 Å². The first kappa shape index (κ1) is 14.0. The standard InChI is InChI=1S/C15H15IN2O/c1-2-3-4-7-14(19)18-13-9-8-12(16)11-6-5-10-17-15(11)13/h2-3,5-6,8-10H,4,7H2,1H3,(H,18,19)/b3-2+. The van der Waals surface area contributed by atoms with E-state index in [1.54, 1.807) is 6.20 Å². The van der Waals surface area contributed by atoms with Gasteiger partial charge in [0.1, 0.15) is 0 Å². The molecule has 0 aliphatic rings. The maximum absolute atomic E-state index is 11.8. The van der Waals surface area contributed by atoms with Gasteiger partial charge in [0.05, 0.1) is 11.2 Å². The van der Waals surface area contributed by atoms with Crippen molar-refractivity contribution in [1.82, 2.24) is 4.98 Å². The molecule has 1 heterocycles. The lowest BCUT2D eigenvalue weighted by molar-refractivity contribution is -0.116. The number of carbonyl (C=O) groups excluding carboxylic acids is 1. The van der Waals surface area contributed by atoms with Crippen LogP contribution in [0.5, 0.6) is 0 Å². The molecule has 0 saturated heterocycles. The third-order valence-corrected chi connectivity index (χ3v) is 3.70. The molecule has 0 bridgehead atoms. The minimum atomic E-state index is 0.0197. The predicted octanol–water partition coefficient (Wildman–Crippen LogP) is 4.13. The third kappa shape index (κ3) is 3.53. The van der Waals surface area contributed by atoms with Crippen LogP contribution in [0, 0.1) is 3.57 Å². The molecule has 1 amide bonds. The monoisotopic (exact) mass is 366 g/mol. The number of hydrogen-bond acceptors (Lipinski definition) is 2. The zero-order valence-electron chi connectivity index (χ0n) is 10.7. The van der Waals surface area contributed by atoms with Crippen molar-refractivity contribution in [3.8, 4) is 0 Å². The van der Waals surface area contributed by atoms with Crippen LogP contribution in [-0.4, -0.2) is 10.9 Å². The number of hydrogen-bond donors (Lipinski definition) is 1. The number of amides is 1. The fourth-order valence-corrected chi connectivity index (χ4v) is 2.45. The molecular weight excluding hydrogens is 351 g/mol. The summed E-state index contributed by atoms with van der Waals surface area (Å²) in [5.74, 6) is 0.0197. The molecule has 0 unspecified atom stereocenters. The molecule has 0 saturated carbocycles. The molecule has 0 aliphatic carbocycles. The second-order valence-corrected chi connectivity index (χ2v) is 5.31. The summed E-state index contributed by atoms with van der Waals surface area (Å²) in [4.78, 5) is 16.2. The van der Waals surface area contributed by atoms with Crippen LogP contribution in [0.4, 0.5) is 5.69 Å². The Morgan fingerprint density at radius 2 is 2.26 bits per heavy atom. The Kier molecular flexibility index (Phi) is 4.90. The normalized spacial score (nSPS) is 11.1. The van der Waals surface area contributed by atoms with Gasteiger partial charge in [0.15, 0.2) is 0 Å². The summed E-state index contributed by atoms with van der Waals surface area (Å²) in [7, 11) is 0. The fraction of sp³-hybridized carbons (Fsp3) is 0.200. The molecule has 1 N–H and O–H groups in total. The molecule has 0 radical (unpaired) electrons. The van der Waals surface area contributed by atoms with Gasteiger partial charge in [-0.05, 0) is 54.1 Å². The van der Waals surface area contributed by atoms with Crippen molar-refractivity contribution < 1.29 is 4.79 Å². The highest BCUT2D eigenvalue weighted by Crippen LogP contribution is 2.25. The Labute approximate surface area is 126 Å². The molecule has 0 aliphatic heterocycles. The molecule has 3 nitrogen and oxygen atoms in total. The van der Waals surface area contributed by atoms with Crippen molar-refractivity contribution in [2.24, 2.45) is 0 Å². The molecule has 0 fully saturated rings. The van der Waals surface area contributed by atoms with Gasteiger partial charge < -0.3 is 5.32 Å². The second kappa shape index (κ2) is 6.65. The number of carbonyl (C=O) groups is 1. The second-order valence-electron chi connectivity index (χ2n) is 4.15. The van der Waals surface area contributed by atoms with Gasteiger partial charge in [-0.3, -0.25) is 9.78 Å². The molecule has 0 spiro atoms. The molecule has 19 heavy (non-hydrogen) atoms. The zero-order chi connectivity index (χ0) is 13.7. The molecule has 2 aromatic rings. The summed E-state index contributed by atoms with van der Waals surface area (Å²) in [5.41, 5.74) is 1.62. The van der Waals surface area contributed by atoms with Gasteiger partial charge in [0.25, 0.3) is 0 Å². The molecular formula is C15H15IN2O. The molecule has 1 aromatic carbocycles. The van der Waals surface area contributed by atoms with Gasteiger partial charge in [0.2, 0.25) is 5.91 Å². The van der Waals surface area contributed by atoms with E-state index in [0.717, 1.165) is 26.6 Å². The number of allylic oxidation sites excluding steroid dienone is 2. The van der Waals surface area contributed by atoms with E-state index in [0.29, 0.717) is 6.42 Å². The maximum Gasteiger partial charge on any atom is 0.224 e. The Hall–Kier alpha value is -1.43. The van der Waals surface area contributed by atoms with E-state index in [4.69, 9.17) is 0 Å². The van der Waals surface area contributed by atoms with Crippen molar-refractivity contribution >= 4 is 45.1 Å². The Bertz CT molecular complexity index is 623. The number of aromatic nitrogens is 1. The van der Waals surface area contributed by atoms with Gasteiger partial charge in [0, 0.05) is 21.6 Å². The average molecular weight is 366 g/mol. The SMILES string of the molecule is C/C=C/CCC(=O)Nc1ccc(I)c2cccnc12. The molecule has 4 heteroatoms. The van der Waals surface area contributed by atoms with Crippen LogP contribution >= 0.6 is 22.6 Å². The van der Waals surface area contributed by atoms with Crippen molar-refractivity contribution in [1.29, 1.82) is 0 Å². The van der Waals surface area contributed by atoms with E-state index < -0.39 is 0 Å². The Morgan fingerprint density at radius 3 is 3.05 bits per heavy atom. The lowest BCUT2D eigenvalue weighted by atomic mass is 10.2. The van der Waals surface area contributed by atoms with Crippen LogP contribution in [0.15, 0.2) is 42.6 Å². The molecule has 0 atom stereocenters. The van der Waals surface area contributed by atoms with Crippen molar-refractivity contribution in [3.05, 3.63) is 46.2 Å². The van der Waals surface area contributed by atoms with Gasteiger partial charge in [-0.1, -0.05) is 18.2 Å². The van der Waals surface area contributed by atoms with Gasteiger partial charge in [-0.25, -0.2) is 0 Å². The average Bonchev–Trinajstić information content (AvgIpc) is 2.43. The first-order chi connectivity index (χ1) is 9.22. The first-order valence-corrected chi connectivity index (χ1v) is 7.24. The number of benzene rings is 1. The highest BCUT2D eigenvalue weighted by molar-refractivity contribution is 14.1. The van der Waals surface area contributed by atoms with Crippen LogP contribution in [0.3, 0.4) is 0 Å². The van der Waals surface area contributed by atoms with Crippen LogP contribution in [0.1, 0.15) is 19.8 Å². The lowest BCUT2D eigenvalue weighted by Gasteiger charge is -2.08. The van der Waals surface area contributed by atoms with Crippen LogP contribution < -0.4 is 5.32 Å². The number of rotatable bonds is 4. The number of nitrogens with one attached hydrogen (secondary N) is 1. The summed E-state index contributed by atoms with van der Waals surface area (Å²) in [6, 6.07) is 7.82. The van der Waals surface area contributed by atoms with Gasteiger partial charge >= 0.3 is 0 Å². The Morgan fingerprint density at radius 1 is 1.42 bits per heavy atom. The number of pyridine rings is 1. The summed E-state index contributed by atoms with van der Waals surface area (Å²) >= 11 is 2.27. The van der Waals surface area contributed by atoms with E-state index in [1.165, 1.54) is 0 Å². The number of fused-ring (bicyclic) bond motifs is 1. The van der Waals surface area contributed by atoms with E-state index in [-0.39, 0.29) is 5.91 Å². The minimum Gasteiger partial charge on any atom is -0.324 e. The first-order valence-electron chi connectivity index (χ1n) is 6.16. The minimum absolute atomic E-state index is 0.0197. The summed E-state index contributed by atoms with van der Waals surface area (Å²) < 4.78 is 1.13. The summed E-state index contributed by atoms with van der Waals surface area (Å²) in [6.45, 7) is 1.95. The van der Waals surface area contributed by atoms with Gasteiger partial charge in [-0.15, -0.1) is 0 Å². The van der Waals surface area contributed by atoms with Crippen LogP contribution in [-0.2, 0) is 4.79 Å². The zero-order valence-corrected chi connectivity index (χ0v) is 12.8. The number of nitrogens with zero attached hydrogens (tertiary/aromatic N) is 1.